The summed E-state index contributed by atoms with van der Waals surface area (Å²) in [4.78, 5) is 9.44. The van der Waals surface area contributed by atoms with Gasteiger partial charge < -0.3 is 4.79 Å². The van der Waals surface area contributed by atoms with Crippen LogP contribution in [0.1, 0.15) is 30.5 Å². The van der Waals surface area contributed by atoms with Crippen LogP contribution in [0.5, 0.6) is 0 Å². The van der Waals surface area contributed by atoms with Gasteiger partial charge in [-0.15, -0.1) is 0 Å². The van der Waals surface area contributed by atoms with Gasteiger partial charge in [-0.3, -0.25) is 0 Å². The first kappa shape index (κ1) is 19.9. The van der Waals surface area contributed by atoms with Crippen molar-refractivity contribution in [3.63, 3.8) is 0 Å². The van der Waals surface area contributed by atoms with Crippen molar-refractivity contribution in [2.45, 2.75) is 13.8 Å². The number of rotatable bonds is 3. The SMILES string of the molecule is CC(C)=O.[CH](c1ccccc1)=[Pd](=[CH]c1ccccc1)=[CH]c1ccccc1. The van der Waals surface area contributed by atoms with Crippen molar-refractivity contribution >= 4 is 19.2 Å². The Kier molecular flexibility index (Phi) is 8.63. The summed E-state index contributed by atoms with van der Waals surface area (Å²) >= 11 is -1.04. The van der Waals surface area contributed by atoms with Gasteiger partial charge in [0, 0.05) is 0 Å². The van der Waals surface area contributed by atoms with E-state index < -0.39 is 15.4 Å². The summed E-state index contributed by atoms with van der Waals surface area (Å²) < 4.78 is 7.22. The van der Waals surface area contributed by atoms with Crippen molar-refractivity contribution in [2.24, 2.45) is 0 Å². The number of hydrogen-bond acceptors (Lipinski definition) is 1. The van der Waals surface area contributed by atoms with Crippen LogP contribution in [0, 0.1) is 0 Å². The van der Waals surface area contributed by atoms with E-state index in [1.54, 1.807) is 0 Å². The Balaban J connectivity index is 0.000000552. The maximum absolute atomic E-state index is 9.44. The number of benzene rings is 3. The molecule has 3 aromatic carbocycles. The molecule has 0 atom stereocenters. The predicted octanol–water partition coefficient (Wildman–Crippen LogP) is 4.75. The molecule has 0 saturated heterocycles. The predicted molar refractivity (Wildman–Crippen MR) is 111 cm³/mol. The van der Waals surface area contributed by atoms with Crippen LogP contribution >= 0.6 is 0 Å². The van der Waals surface area contributed by atoms with Gasteiger partial charge in [-0.2, -0.15) is 0 Å². The first-order valence-corrected chi connectivity index (χ1v) is 11.0. The van der Waals surface area contributed by atoms with Gasteiger partial charge in [-0.1, -0.05) is 0 Å². The van der Waals surface area contributed by atoms with E-state index in [1.165, 1.54) is 30.5 Å². The standard InChI is InChI=1S/3C7H6.C3H6O.Pd/c3*1-7-5-3-2-4-6-7;1-3(2)4;/h3*1-6H;1-2H3;. The van der Waals surface area contributed by atoms with E-state index in [0.717, 1.165) is 0 Å². The zero-order valence-electron chi connectivity index (χ0n) is 15.1. The topological polar surface area (TPSA) is 17.1 Å². The molecule has 3 aromatic rings. The summed E-state index contributed by atoms with van der Waals surface area (Å²) in [5.74, 6) is 0.167. The Bertz CT molecular complexity index is 828. The van der Waals surface area contributed by atoms with E-state index in [0.29, 0.717) is 0 Å². The fourth-order valence-electron chi connectivity index (χ4n) is 1.99. The average Bonchev–Trinajstić information content (AvgIpc) is 2.64. The van der Waals surface area contributed by atoms with Gasteiger partial charge in [-0.25, -0.2) is 0 Å². The molecule has 136 valence electrons. The van der Waals surface area contributed by atoms with Gasteiger partial charge in [-0.05, 0) is 13.8 Å². The molecule has 0 aliphatic rings. The molecule has 0 unspecified atom stereocenters. The monoisotopic (exact) mass is 434 g/mol. The zero-order valence-corrected chi connectivity index (χ0v) is 16.7. The molecular weight excluding hydrogens is 411 g/mol. The average molecular weight is 435 g/mol. The minimum absolute atomic E-state index is 0.167. The molecule has 3 rings (SSSR count). The molecule has 26 heavy (non-hydrogen) atoms. The molecule has 0 bridgehead atoms. The van der Waals surface area contributed by atoms with Crippen LogP contribution in [-0.2, 0) is 20.2 Å². The molecule has 0 aromatic heterocycles. The van der Waals surface area contributed by atoms with E-state index in [1.807, 2.05) is 0 Å². The molecule has 0 aliphatic heterocycles. The molecule has 0 fully saturated rings. The first-order chi connectivity index (χ1) is 12.6. The van der Waals surface area contributed by atoms with Gasteiger partial charge >= 0.3 is 137 Å². The fraction of sp³-hybridized carbons (Fsp3) is 0.0833. The van der Waals surface area contributed by atoms with Crippen molar-refractivity contribution in [1.29, 1.82) is 0 Å². The van der Waals surface area contributed by atoms with Crippen molar-refractivity contribution in [3.8, 4) is 0 Å². The molecule has 1 nitrogen and oxygen atoms in total. The maximum atomic E-state index is 9.44. The minimum atomic E-state index is -1.04. The molecule has 0 radical (unpaired) electrons. The third-order valence-corrected chi connectivity index (χ3v) is 6.14. The van der Waals surface area contributed by atoms with E-state index in [2.05, 4.69) is 104 Å². The number of hydrogen-bond donors (Lipinski definition) is 0. The van der Waals surface area contributed by atoms with Crippen molar-refractivity contribution in [3.05, 3.63) is 108 Å². The first-order valence-electron chi connectivity index (χ1n) is 8.35. The Morgan fingerprint density at radius 3 is 1.04 bits per heavy atom. The van der Waals surface area contributed by atoms with Crippen molar-refractivity contribution < 1.29 is 20.2 Å². The number of carbonyl (C=O) groups excluding carboxylic acids is 1. The van der Waals surface area contributed by atoms with Crippen LogP contribution in [0.25, 0.3) is 0 Å². The third kappa shape index (κ3) is 8.12. The van der Waals surface area contributed by atoms with E-state index in [4.69, 9.17) is 0 Å². The summed E-state index contributed by atoms with van der Waals surface area (Å²) in [6.07, 6.45) is 0. The normalized spacial score (nSPS) is 10.0. The van der Waals surface area contributed by atoms with E-state index in [9.17, 15) is 4.79 Å². The molecule has 0 aliphatic carbocycles. The molecule has 2 heteroatoms. The molecular formula is C24H24OPd. The Hall–Kier alpha value is -2.40. The number of ketones is 1. The zero-order chi connectivity index (χ0) is 18.6. The molecule has 0 spiro atoms. The van der Waals surface area contributed by atoms with Crippen LogP contribution in [0.3, 0.4) is 0 Å². The molecule has 0 N–H and O–H groups in total. The second-order valence-electron chi connectivity index (χ2n) is 5.73. The summed E-state index contributed by atoms with van der Waals surface area (Å²) in [5.41, 5.74) is 3.88. The Morgan fingerprint density at radius 2 is 0.808 bits per heavy atom. The second-order valence-corrected chi connectivity index (χ2v) is 8.63. The fourth-order valence-corrected chi connectivity index (χ4v) is 5.07. The third-order valence-electron chi connectivity index (χ3n) is 3.03. The molecule has 0 heterocycles. The van der Waals surface area contributed by atoms with Crippen LogP contribution in [0.15, 0.2) is 91.0 Å². The molecule has 0 amide bonds. The van der Waals surface area contributed by atoms with Crippen LogP contribution in [-0.4, -0.2) is 19.2 Å². The van der Waals surface area contributed by atoms with Crippen molar-refractivity contribution in [1.82, 2.24) is 0 Å². The van der Waals surface area contributed by atoms with Gasteiger partial charge in [0.25, 0.3) is 0 Å². The quantitative estimate of drug-likeness (QED) is 0.544. The van der Waals surface area contributed by atoms with E-state index >= 15 is 0 Å². The summed E-state index contributed by atoms with van der Waals surface area (Å²) in [7, 11) is 0. The number of Topliss-reactive ketones (excluding diaryl/α,β-unsaturated/α-hetero) is 1. The molecule has 0 saturated carbocycles. The van der Waals surface area contributed by atoms with Gasteiger partial charge in [0.1, 0.15) is 5.78 Å². The van der Waals surface area contributed by atoms with Gasteiger partial charge in [0.05, 0.1) is 0 Å². The number of carbonyl (C=O) groups is 1. The Labute approximate surface area is 160 Å². The summed E-state index contributed by atoms with van der Waals surface area (Å²) in [6, 6.07) is 31.8. The van der Waals surface area contributed by atoms with Crippen LogP contribution in [0.4, 0.5) is 0 Å². The summed E-state index contributed by atoms with van der Waals surface area (Å²) in [5, 5.41) is 0. The second kappa shape index (κ2) is 11.3. The van der Waals surface area contributed by atoms with Crippen LogP contribution in [0.2, 0.25) is 0 Å². The van der Waals surface area contributed by atoms with E-state index in [-0.39, 0.29) is 5.78 Å². The summed E-state index contributed by atoms with van der Waals surface area (Å²) in [6.45, 7) is 3.06. The Morgan fingerprint density at radius 1 is 0.577 bits per heavy atom. The van der Waals surface area contributed by atoms with Gasteiger partial charge in [0.15, 0.2) is 0 Å². The van der Waals surface area contributed by atoms with Crippen molar-refractivity contribution in [2.75, 3.05) is 0 Å². The van der Waals surface area contributed by atoms with Gasteiger partial charge in [0.2, 0.25) is 0 Å². The van der Waals surface area contributed by atoms with Crippen LogP contribution < -0.4 is 0 Å².